The molecule has 1 aliphatic carbocycles. The number of carbonyl (C=O) groups is 1. The van der Waals surface area contributed by atoms with E-state index >= 15 is 0 Å². The Balaban J connectivity index is 1.16. The Bertz CT molecular complexity index is 1330. The fraction of sp³-hybridized carbons (Fsp3) is 0.385. The Morgan fingerprint density at radius 3 is 2.63 bits per heavy atom. The van der Waals surface area contributed by atoms with Crippen LogP contribution in [0.1, 0.15) is 71.5 Å². The van der Waals surface area contributed by atoms with Gasteiger partial charge in [-0.3, -0.25) is 9.89 Å². The van der Waals surface area contributed by atoms with Crippen LogP contribution in [0.15, 0.2) is 42.9 Å². The van der Waals surface area contributed by atoms with Crippen LogP contribution in [0.4, 0.5) is 0 Å². The maximum atomic E-state index is 12.9. The molecule has 0 unspecified atom stereocenters. The molecule has 0 saturated heterocycles. The zero-order chi connectivity index (χ0) is 24.5. The van der Waals surface area contributed by atoms with Crippen molar-refractivity contribution in [2.45, 2.75) is 58.9 Å². The number of H-pyrrole nitrogens is 1. The fourth-order valence-corrected chi connectivity index (χ4v) is 4.47. The van der Waals surface area contributed by atoms with E-state index in [0.717, 1.165) is 58.4 Å². The van der Waals surface area contributed by atoms with Crippen LogP contribution >= 0.6 is 0 Å². The van der Waals surface area contributed by atoms with E-state index in [4.69, 9.17) is 4.98 Å². The summed E-state index contributed by atoms with van der Waals surface area (Å²) in [5, 5.41) is 14.7. The van der Waals surface area contributed by atoms with Gasteiger partial charge in [0.25, 0.3) is 0 Å². The van der Waals surface area contributed by atoms with E-state index in [-0.39, 0.29) is 23.8 Å². The monoisotopic (exact) mass is 470 g/mol. The molecule has 0 bridgehead atoms. The Hall–Kier alpha value is -3.88. The molecule has 4 aromatic heterocycles. The molecule has 5 rings (SSSR count). The van der Waals surface area contributed by atoms with Crippen LogP contribution in [0.2, 0.25) is 0 Å². The minimum atomic E-state index is -0.124. The van der Waals surface area contributed by atoms with Crippen molar-refractivity contribution in [2.24, 2.45) is 5.92 Å². The van der Waals surface area contributed by atoms with Gasteiger partial charge < -0.3 is 5.32 Å². The SMILES string of the molecule is Cc1cnn(-c2ccc([C@H](C)NC(=O)C3CC(c4nc(C)cc(Cc5cc(C)[nH]n5)n4)C3)cn2)c1. The summed E-state index contributed by atoms with van der Waals surface area (Å²) in [6, 6.07) is 7.81. The zero-order valence-electron chi connectivity index (χ0n) is 20.5. The van der Waals surface area contributed by atoms with Crippen LogP contribution in [-0.4, -0.2) is 40.8 Å². The first-order chi connectivity index (χ1) is 16.8. The third-order valence-corrected chi connectivity index (χ3v) is 6.50. The van der Waals surface area contributed by atoms with Gasteiger partial charge in [0, 0.05) is 42.0 Å². The first-order valence-corrected chi connectivity index (χ1v) is 12.0. The van der Waals surface area contributed by atoms with E-state index in [9.17, 15) is 4.79 Å². The van der Waals surface area contributed by atoms with E-state index in [1.54, 1.807) is 17.1 Å². The summed E-state index contributed by atoms with van der Waals surface area (Å²) >= 11 is 0. The van der Waals surface area contributed by atoms with Crippen molar-refractivity contribution >= 4 is 5.91 Å². The molecule has 2 N–H and O–H groups in total. The number of aromatic amines is 1. The quantitative estimate of drug-likeness (QED) is 0.426. The highest BCUT2D eigenvalue weighted by molar-refractivity contribution is 5.80. The van der Waals surface area contributed by atoms with Crippen LogP contribution in [0.3, 0.4) is 0 Å². The molecule has 0 spiro atoms. The average molecular weight is 471 g/mol. The molecule has 1 aliphatic rings. The van der Waals surface area contributed by atoms with E-state index < -0.39 is 0 Å². The molecule has 9 heteroatoms. The number of hydrogen-bond acceptors (Lipinski definition) is 6. The van der Waals surface area contributed by atoms with E-state index in [1.165, 1.54) is 0 Å². The van der Waals surface area contributed by atoms with Gasteiger partial charge in [0.1, 0.15) is 5.82 Å². The number of nitrogens with one attached hydrogen (secondary N) is 2. The van der Waals surface area contributed by atoms with Crippen molar-refractivity contribution in [3.63, 3.8) is 0 Å². The second-order valence-corrected chi connectivity index (χ2v) is 9.59. The second kappa shape index (κ2) is 9.40. The maximum absolute atomic E-state index is 12.9. The first kappa shape index (κ1) is 22.9. The molecule has 180 valence electrons. The minimum Gasteiger partial charge on any atom is -0.349 e. The number of aromatic nitrogens is 7. The number of rotatable bonds is 7. The normalized spacial score (nSPS) is 18.2. The summed E-state index contributed by atoms with van der Waals surface area (Å²) in [7, 11) is 0. The topological polar surface area (TPSA) is 114 Å². The predicted molar refractivity (Wildman–Crippen MR) is 131 cm³/mol. The second-order valence-electron chi connectivity index (χ2n) is 9.59. The Morgan fingerprint density at radius 1 is 1.14 bits per heavy atom. The lowest BCUT2D eigenvalue weighted by Gasteiger charge is -2.34. The van der Waals surface area contributed by atoms with E-state index in [1.807, 2.05) is 58.2 Å². The predicted octanol–water partition coefficient (Wildman–Crippen LogP) is 3.67. The third kappa shape index (κ3) is 5.13. The molecule has 9 nitrogen and oxygen atoms in total. The van der Waals surface area contributed by atoms with Crippen LogP contribution in [0.25, 0.3) is 5.82 Å². The molecular formula is C26H30N8O. The van der Waals surface area contributed by atoms with Gasteiger partial charge in [-0.25, -0.2) is 19.6 Å². The van der Waals surface area contributed by atoms with Gasteiger partial charge >= 0.3 is 0 Å². The summed E-state index contributed by atoms with van der Waals surface area (Å²) in [6.07, 6.45) is 7.72. The van der Waals surface area contributed by atoms with Crippen LogP contribution < -0.4 is 5.32 Å². The van der Waals surface area contributed by atoms with Gasteiger partial charge in [-0.15, -0.1) is 0 Å². The largest absolute Gasteiger partial charge is 0.349 e. The molecule has 1 saturated carbocycles. The maximum Gasteiger partial charge on any atom is 0.223 e. The number of nitrogens with zero attached hydrogens (tertiary/aromatic N) is 6. The molecule has 0 aliphatic heterocycles. The van der Waals surface area contributed by atoms with Crippen LogP contribution in [-0.2, 0) is 11.2 Å². The molecule has 4 heterocycles. The van der Waals surface area contributed by atoms with Crippen molar-refractivity contribution in [3.05, 3.63) is 82.6 Å². The Morgan fingerprint density at radius 2 is 1.97 bits per heavy atom. The number of carbonyl (C=O) groups excluding carboxylic acids is 1. The van der Waals surface area contributed by atoms with Crippen LogP contribution in [0, 0.1) is 26.7 Å². The highest BCUT2D eigenvalue weighted by Gasteiger charge is 2.37. The molecule has 35 heavy (non-hydrogen) atoms. The van der Waals surface area contributed by atoms with Crippen molar-refractivity contribution < 1.29 is 4.79 Å². The van der Waals surface area contributed by atoms with Gasteiger partial charge in [-0.05, 0) is 69.9 Å². The third-order valence-electron chi connectivity index (χ3n) is 6.50. The zero-order valence-corrected chi connectivity index (χ0v) is 20.5. The first-order valence-electron chi connectivity index (χ1n) is 12.0. The molecule has 1 amide bonds. The van der Waals surface area contributed by atoms with Gasteiger partial charge in [0.2, 0.25) is 5.91 Å². The average Bonchev–Trinajstić information content (AvgIpc) is 3.40. The Labute approximate surface area is 204 Å². The van der Waals surface area contributed by atoms with Crippen LogP contribution in [0.5, 0.6) is 0 Å². The lowest BCUT2D eigenvalue weighted by Crippen LogP contribution is -2.39. The molecule has 4 aromatic rings. The Kier molecular flexibility index (Phi) is 6.15. The molecular weight excluding hydrogens is 440 g/mol. The standard InChI is InChI=1S/C26H30N8O/c1-15-12-28-34(14-15)24-6-5-19(13-27-24)18(4)30-26(35)21-9-20(10-21)25-29-16(2)7-22(31-25)11-23-8-17(3)32-33-23/h5-8,12-14,18,20-21H,9-11H2,1-4H3,(H,30,35)(H,32,33)/t18-,20?,21?/m0/s1. The molecule has 1 fully saturated rings. The number of amides is 1. The summed E-state index contributed by atoms with van der Waals surface area (Å²) in [6.45, 7) is 7.95. The summed E-state index contributed by atoms with van der Waals surface area (Å²) < 4.78 is 1.74. The van der Waals surface area contributed by atoms with E-state index in [2.05, 4.69) is 30.6 Å². The smallest absolute Gasteiger partial charge is 0.223 e. The summed E-state index contributed by atoms with van der Waals surface area (Å²) in [5.41, 5.74) is 5.95. The lowest BCUT2D eigenvalue weighted by atomic mass is 9.73. The lowest BCUT2D eigenvalue weighted by molar-refractivity contribution is -0.128. The number of pyridine rings is 1. The van der Waals surface area contributed by atoms with Crippen molar-refractivity contribution in [2.75, 3.05) is 0 Å². The molecule has 1 atom stereocenters. The molecule has 0 aromatic carbocycles. The van der Waals surface area contributed by atoms with Gasteiger partial charge in [0.05, 0.1) is 23.6 Å². The molecule has 0 radical (unpaired) electrons. The van der Waals surface area contributed by atoms with Crippen molar-refractivity contribution in [3.8, 4) is 5.82 Å². The highest BCUT2D eigenvalue weighted by Crippen LogP contribution is 2.40. The minimum absolute atomic E-state index is 0.0247. The number of hydrogen-bond donors (Lipinski definition) is 2. The fourth-order valence-electron chi connectivity index (χ4n) is 4.47. The van der Waals surface area contributed by atoms with Gasteiger partial charge in [-0.1, -0.05) is 6.07 Å². The van der Waals surface area contributed by atoms with Crippen molar-refractivity contribution in [1.82, 2.24) is 40.2 Å². The highest BCUT2D eigenvalue weighted by atomic mass is 16.2. The summed E-state index contributed by atoms with van der Waals surface area (Å²) in [4.78, 5) is 26.8. The van der Waals surface area contributed by atoms with Gasteiger partial charge in [-0.2, -0.15) is 10.2 Å². The summed E-state index contributed by atoms with van der Waals surface area (Å²) in [5.74, 6) is 1.84. The van der Waals surface area contributed by atoms with E-state index in [0.29, 0.717) is 6.42 Å². The van der Waals surface area contributed by atoms with Gasteiger partial charge in [0.15, 0.2) is 5.82 Å². The van der Waals surface area contributed by atoms with Crippen molar-refractivity contribution in [1.29, 1.82) is 0 Å². The number of aryl methyl sites for hydroxylation is 3.